The molecule has 138 valence electrons. The summed E-state index contributed by atoms with van der Waals surface area (Å²) in [5, 5.41) is 22.9. The van der Waals surface area contributed by atoms with Gasteiger partial charge in [0, 0.05) is 23.9 Å². The summed E-state index contributed by atoms with van der Waals surface area (Å²) >= 11 is 0. The van der Waals surface area contributed by atoms with Crippen LogP contribution in [-0.4, -0.2) is 30.9 Å². The summed E-state index contributed by atoms with van der Waals surface area (Å²) in [5.74, 6) is -0.896. The molecule has 2 aromatic rings. The Bertz CT molecular complexity index is 926. The smallest absolute Gasteiger partial charge is 0.312 e. The maximum Gasteiger partial charge on any atom is 0.312 e. The van der Waals surface area contributed by atoms with Gasteiger partial charge in [-0.2, -0.15) is 0 Å². The number of amides is 1. The zero-order valence-corrected chi connectivity index (χ0v) is 14.6. The van der Waals surface area contributed by atoms with Gasteiger partial charge in [-0.25, -0.2) is 8.42 Å². The largest absolute Gasteiger partial charge is 0.502 e. The van der Waals surface area contributed by atoms with Crippen molar-refractivity contribution in [3.63, 3.8) is 0 Å². The third-order valence-electron chi connectivity index (χ3n) is 3.39. The van der Waals surface area contributed by atoms with Gasteiger partial charge in [0.15, 0.2) is 5.75 Å². The number of aromatic hydroxyl groups is 1. The van der Waals surface area contributed by atoms with Crippen LogP contribution in [-0.2, 0) is 10.0 Å². The van der Waals surface area contributed by atoms with Gasteiger partial charge in [-0.05, 0) is 42.8 Å². The molecule has 2 rings (SSSR count). The van der Waals surface area contributed by atoms with E-state index in [4.69, 9.17) is 0 Å². The minimum Gasteiger partial charge on any atom is -0.502 e. The number of nitro groups is 1. The Labute approximate surface area is 149 Å². The molecule has 0 unspecified atom stereocenters. The van der Waals surface area contributed by atoms with Gasteiger partial charge in [0.1, 0.15) is 0 Å². The molecule has 0 atom stereocenters. The van der Waals surface area contributed by atoms with Crippen LogP contribution in [0, 0.1) is 10.1 Å². The first-order chi connectivity index (χ1) is 12.2. The fraction of sp³-hybridized carbons (Fsp3) is 0.188. The van der Waals surface area contributed by atoms with Crippen LogP contribution in [0.25, 0.3) is 0 Å². The average molecular weight is 379 g/mol. The number of carbonyl (C=O) groups excluding carboxylic acids is 1. The van der Waals surface area contributed by atoms with E-state index < -0.39 is 26.4 Å². The van der Waals surface area contributed by atoms with E-state index in [9.17, 15) is 28.4 Å². The number of anilines is 1. The van der Waals surface area contributed by atoms with Crippen molar-refractivity contribution in [2.24, 2.45) is 0 Å². The van der Waals surface area contributed by atoms with Crippen molar-refractivity contribution >= 4 is 27.3 Å². The van der Waals surface area contributed by atoms with E-state index in [0.29, 0.717) is 12.1 Å². The SMILES string of the molecule is CCCNC(=O)c1ccc(NS(=O)(=O)c2ccc(O)c([N+](=O)[O-])c2)cc1. The molecule has 0 fully saturated rings. The highest BCUT2D eigenvalue weighted by Crippen LogP contribution is 2.29. The number of phenolic OH excluding ortho intramolecular Hbond substituents is 1. The lowest BCUT2D eigenvalue weighted by atomic mass is 10.2. The number of nitrogens with zero attached hydrogens (tertiary/aromatic N) is 1. The second kappa shape index (κ2) is 7.83. The summed E-state index contributed by atoms with van der Waals surface area (Å²) in [6, 6.07) is 8.50. The van der Waals surface area contributed by atoms with Gasteiger partial charge in [0.2, 0.25) is 0 Å². The topological polar surface area (TPSA) is 139 Å². The average Bonchev–Trinajstić information content (AvgIpc) is 2.59. The van der Waals surface area contributed by atoms with Crippen LogP contribution in [0.2, 0.25) is 0 Å². The third kappa shape index (κ3) is 4.48. The highest BCUT2D eigenvalue weighted by atomic mass is 32.2. The van der Waals surface area contributed by atoms with Crippen LogP contribution in [0.15, 0.2) is 47.4 Å². The van der Waals surface area contributed by atoms with Crippen molar-refractivity contribution in [1.29, 1.82) is 0 Å². The molecule has 0 saturated heterocycles. The Kier molecular flexibility index (Phi) is 5.78. The number of rotatable bonds is 7. The zero-order valence-electron chi connectivity index (χ0n) is 13.8. The van der Waals surface area contributed by atoms with Crippen LogP contribution in [0.1, 0.15) is 23.7 Å². The van der Waals surface area contributed by atoms with E-state index in [2.05, 4.69) is 10.0 Å². The molecule has 0 spiro atoms. The van der Waals surface area contributed by atoms with Gasteiger partial charge in [0.25, 0.3) is 15.9 Å². The summed E-state index contributed by atoms with van der Waals surface area (Å²) in [5.41, 5.74) is -0.148. The van der Waals surface area contributed by atoms with E-state index in [-0.39, 0.29) is 16.5 Å². The van der Waals surface area contributed by atoms with Crippen LogP contribution in [0.3, 0.4) is 0 Å². The summed E-state index contributed by atoms with van der Waals surface area (Å²) < 4.78 is 27.0. The lowest BCUT2D eigenvalue weighted by Gasteiger charge is -2.09. The summed E-state index contributed by atoms with van der Waals surface area (Å²) in [7, 11) is -4.10. The molecule has 0 bridgehead atoms. The Balaban J connectivity index is 2.20. The van der Waals surface area contributed by atoms with Gasteiger partial charge < -0.3 is 10.4 Å². The summed E-state index contributed by atoms with van der Waals surface area (Å²) in [6.45, 7) is 2.46. The molecule has 2 aromatic carbocycles. The highest BCUT2D eigenvalue weighted by molar-refractivity contribution is 7.92. The molecule has 26 heavy (non-hydrogen) atoms. The lowest BCUT2D eigenvalue weighted by molar-refractivity contribution is -0.386. The Morgan fingerprint density at radius 3 is 2.42 bits per heavy atom. The molecule has 0 aliphatic heterocycles. The number of carbonyl (C=O) groups is 1. The van der Waals surface area contributed by atoms with Gasteiger partial charge in [0.05, 0.1) is 9.82 Å². The predicted octanol–water partition coefficient (Wildman–Crippen LogP) is 2.24. The quantitative estimate of drug-likeness (QED) is 0.498. The molecular formula is C16H17N3O6S. The molecule has 10 heteroatoms. The Hall–Kier alpha value is -3.14. The van der Waals surface area contributed by atoms with Gasteiger partial charge in [-0.3, -0.25) is 19.6 Å². The van der Waals surface area contributed by atoms with E-state index in [0.717, 1.165) is 24.6 Å². The van der Waals surface area contributed by atoms with Crippen LogP contribution in [0.4, 0.5) is 11.4 Å². The fourth-order valence-corrected chi connectivity index (χ4v) is 3.14. The van der Waals surface area contributed by atoms with E-state index in [1.54, 1.807) is 0 Å². The van der Waals surface area contributed by atoms with E-state index >= 15 is 0 Å². The molecule has 0 aliphatic rings. The first-order valence-electron chi connectivity index (χ1n) is 7.63. The summed E-state index contributed by atoms with van der Waals surface area (Å²) in [6.07, 6.45) is 0.794. The standard InChI is InChI=1S/C16H17N3O6S/c1-2-9-17-16(21)11-3-5-12(6-4-11)18-26(24,25)13-7-8-15(20)14(10-13)19(22)23/h3-8,10,18,20H,2,9H2,1H3,(H,17,21). The van der Waals surface area contributed by atoms with Gasteiger partial charge in [-0.1, -0.05) is 6.92 Å². The van der Waals surface area contributed by atoms with Gasteiger partial charge in [-0.15, -0.1) is 0 Å². The molecule has 0 saturated carbocycles. The van der Waals surface area contributed by atoms with Crippen LogP contribution < -0.4 is 10.0 Å². The molecule has 9 nitrogen and oxygen atoms in total. The number of nitrogens with one attached hydrogen (secondary N) is 2. The summed E-state index contributed by atoms with van der Waals surface area (Å²) in [4.78, 5) is 21.4. The van der Waals surface area contributed by atoms with Crippen molar-refractivity contribution in [3.8, 4) is 5.75 Å². The van der Waals surface area contributed by atoms with Crippen molar-refractivity contribution in [3.05, 3.63) is 58.1 Å². The van der Waals surface area contributed by atoms with Crippen molar-refractivity contribution < 1.29 is 23.2 Å². The molecular weight excluding hydrogens is 362 g/mol. The molecule has 0 aliphatic carbocycles. The first-order valence-corrected chi connectivity index (χ1v) is 9.11. The number of sulfonamides is 1. The number of hydrogen-bond donors (Lipinski definition) is 3. The first kappa shape index (κ1) is 19.2. The molecule has 0 heterocycles. The Morgan fingerprint density at radius 1 is 1.19 bits per heavy atom. The minimum atomic E-state index is -4.10. The molecule has 0 radical (unpaired) electrons. The van der Waals surface area contributed by atoms with Crippen molar-refractivity contribution in [1.82, 2.24) is 5.32 Å². The normalized spacial score (nSPS) is 11.0. The lowest BCUT2D eigenvalue weighted by Crippen LogP contribution is -2.23. The van der Waals surface area contributed by atoms with Crippen LogP contribution in [0.5, 0.6) is 5.75 Å². The predicted molar refractivity (Wildman–Crippen MR) is 94.6 cm³/mol. The fourth-order valence-electron chi connectivity index (χ4n) is 2.06. The maximum atomic E-state index is 12.4. The molecule has 3 N–H and O–H groups in total. The number of nitro benzene ring substituents is 1. The van der Waals surface area contributed by atoms with Gasteiger partial charge >= 0.3 is 5.69 Å². The van der Waals surface area contributed by atoms with E-state index in [1.807, 2.05) is 6.92 Å². The number of benzene rings is 2. The maximum absolute atomic E-state index is 12.4. The number of hydrogen-bond acceptors (Lipinski definition) is 6. The number of phenols is 1. The second-order valence-corrected chi connectivity index (χ2v) is 7.03. The zero-order chi connectivity index (χ0) is 19.3. The molecule has 0 aromatic heterocycles. The van der Waals surface area contributed by atoms with Crippen LogP contribution >= 0.6 is 0 Å². The second-order valence-electron chi connectivity index (χ2n) is 5.35. The monoisotopic (exact) mass is 379 g/mol. The van der Waals surface area contributed by atoms with Crippen molar-refractivity contribution in [2.75, 3.05) is 11.3 Å². The highest BCUT2D eigenvalue weighted by Gasteiger charge is 2.21. The molecule has 1 amide bonds. The third-order valence-corrected chi connectivity index (χ3v) is 4.77. The van der Waals surface area contributed by atoms with E-state index in [1.165, 1.54) is 24.3 Å². The van der Waals surface area contributed by atoms with Crippen molar-refractivity contribution in [2.45, 2.75) is 18.2 Å². The Morgan fingerprint density at radius 2 is 1.85 bits per heavy atom. The minimum absolute atomic E-state index is 0.188.